The summed E-state index contributed by atoms with van der Waals surface area (Å²) in [5.74, 6) is 0. The molecular weight excluding hydrogens is 114 g/mol. The summed E-state index contributed by atoms with van der Waals surface area (Å²) in [4.78, 5) is 0. The number of hydrogen-bond acceptors (Lipinski definition) is 2. The van der Waals surface area contributed by atoms with E-state index in [1.807, 2.05) is 0 Å². The minimum absolute atomic E-state index is 0. The maximum Gasteiger partial charge on any atom is 0.0524 e. The van der Waals surface area contributed by atoms with Crippen LogP contribution in [-0.4, -0.2) is 17.8 Å². The summed E-state index contributed by atoms with van der Waals surface area (Å²) in [7, 11) is 0. The van der Waals surface area contributed by atoms with Crippen LogP contribution in [0.4, 0.5) is 0 Å². The highest BCUT2D eigenvalue weighted by Gasteiger charge is 1.87. The molecule has 7 heavy (non-hydrogen) atoms. The van der Waals surface area contributed by atoms with Crippen molar-refractivity contribution in [1.82, 2.24) is 0 Å². The van der Waals surface area contributed by atoms with Crippen LogP contribution in [0, 0.1) is 0 Å². The summed E-state index contributed by atoms with van der Waals surface area (Å²) >= 11 is 0. The highest BCUT2D eigenvalue weighted by molar-refractivity contribution is 5.85. The van der Waals surface area contributed by atoms with Crippen LogP contribution < -0.4 is 5.73 Å². The smallest absolute Gasteiger partial charge is 0.0524 e. The second-order valence-corrected chi connectivity index (χ2v) is 1.43. The van der Waals surface area contributed by atoms with Crippen LogP contribution in [0.3, 0.4) is 0 Å². The summed E-state index contributed by atoms with van der Waals surface area (Å²) in [5, 5.41) is 8.47. The Labute approximate surface area is 50.1 Å². The Morgan fingerprint density at radius 1 is 1.71 bits per heavy atom. The number of hydrogen-bond donors (Lipinski definition) is 2. The molecule has 2 nitrogen and oxygen atoms in total. The van der Waals surface area contributed by atoms with E-state index < -0.39 is 0 Å². The molecule has 0 amide bonds. The molecule has 0 aromatic rings. The Balaban J connectivity index is 0. The van der Waals surface area contributed by atoms with Crippen LogP contribution in [-0.2, 0) is 0 Å². The summed E-state index contributed by atoms with van der Waals surface area (Å²) < 4.78 is 0. The largest absolute Gasteiger partial charge is 0.393 e. The molecule has 0 saturated heterocycles. The van der Waals surface area contributed by atoms with E-state index in [4.69, 9.17) is 10.8 Å². The van der Waals surface area contributed by atoms with Gasteiger partial charge in [-0.15, -0.1) is 12.4 Å². The van der Waals surface area contributed by atoms with Crippen molar-refractivity contribution in [3.63, 3.8) is 0 Å². The molecule has 0 heterocycles. The first-order valence-corrected chi connectivity index (χ1v) is 2.15. The number of aliphatic hydroxyl groups is 1. The van der Waals surface area contributed by atoms with Crippen LogP contribution in [0.25, 0.3) is 0 Å². The Bertz CT molecular complexity index is 32.9. The number of rotatable bonds is 2. The normalized spacial score (nSPS) is 12.4. The molecule has 0 aliphatic heterocycles. The molecule has 3 heteroatoms. The lowest BCUT2D eigenvalue weighted by molar-refractivity contribution is 0.187. The molecule has 0 aliphatic rings. The minimum Gasteiger partial charge on any atom is -0.393 e. The van der Waals surface area contributed by atoms with Crippen LogP contribution in [0.5, 0.6) is 0 Å². The average Bonchev–Trinajstić information content (AvgIpc) is 1.35. The second kappa shape index (κ2) is 6.21. The van der Waals surface area contributed by atoms with Gasteiger partial charge in [-0.2, -0.15) is 0 Å². The predicted octanol–water partition coefficient (Wildman–Crippen LogP) is 0.138. The number of halogens is 1. The fourth-order valence-electron chi connectivity index (χ4n) is 0.241. The maximum atomic E-state index is 8.47. The fourth-order valence-corrected chi connectivity index (χ4v) is 0.241. The maximum absolute atomic E-state index is 8.47. The van der Waals surface area contributed by atoms with Gasteiger partial charge in [0.15, 0.2) is 0 Å². The third-order valence-corrected chi connectivity index (χ3v) is 0.584. The van der Waals surface area contributed by atoms with E-state index in [1.165, 1.54) is 0 Å². The molecule has 0 aromatic heterocycles. The Kier molecular flexibility index (Phi) is 9.09. The van der Waals surface area contributed by atoms with E-state index in [0.29, 0.717) is 13.0 Å². The first-order valence-electron chi connectivity index (χ1n) is 2.15. The van der Waals surface area contributed by atoms with Gasteiger partial charge in [-0.3, -0.25) is 0 Å². The van der Waals surface area contributed by atoms with Gasteiger partial charge in [-0.25, -0.2) is 0 Å². The molecule has 1 atom stereocenters. The standard InChI is InChI=1S/C4H11NO.ClH/c1-4(6)2-3-5;/h4,6H,2-3,5H2,1H3;1H/t4-;/m1./s1. The van der Waals surface area contributed by atoms with Crippen molar-refractivity contribution in [2.24, 2.45) is 5.73 Å². The van der Waals surface area contributed by atoms with E-state index in [0.717, 1.165) is 0 Å². The molecule has 0 spiro atoms. The lowest BCUT2D eigenvalue weighted by atomic mass is 10.3. The molecule has 46 valence electrons. The topological polar surface area (TPSA) is 46.2 Å². The molecule has 0 aliphatic carbocycles. The Morgan fingerprint density at radius 2 is 2.14 bits per heavy atom. The Hall–Kier alpha value is 0.210. The SMILES string of the molecule is C[C@@H](O)CCN.Cl. The van der Waals surface area contributed by atoms with E-state index in [9.17, 15) is 0 Å². The summed E-state index contributed by atoms with van der Waals surface area (Å²) in [6, 6.07) is 0. The molecule has 0 rings (SSSR count). The van der Waals surface area contributed by atoms with Gasteiger partial charge in [0.25, 0.3) is 0 Å². The molecule has 0 radical (unpaired) electrons. The van der Waals surface area contributed by atoms with Crippen molar-refractivity contribution in [2.75, 3.05) is 6.54 Å². The van der Waals surface area contributed by atoms with Gasteiger partial charge in [0.1, 0.15) is 0 Å². The van der Waals surface area contributed by atoms with Gasteiger partial charge < -0.3 is 10.8 Å². The van der Waals surface area contributed by atoms with Crippen LogP contribution in [0.2, 0.25) is 0 Å². The molecule has 3 N–H and O–H groups in total. The fraction of sp³-hybridized carbons (Fsp3) is 1.00. The zero-order chi connectivity index (χ0) is 4.99. The molecule has 0 saturated carbocycles. The second-order valence-electron chi connectivity index (χ2n) is 1.43. The zero-order valence-electron chi connectivity index (χ0n) is 4.42. The number of nitrogens with two attached hydrogens (primary N) is 1. The molecule has 0 aromatic carbocycles. The molecule has 0 fully saturated rings. The molecule has 0 bridgehead atoms. The number of aliphatic hydroxyl groups excluding tert-OH is 1. The van der Waals surface area contributed by atoms with Gasteiger partial charge in [-0.1, -0.05) is 0 Å². The van der Waals surface area contributed by atoms with Gasteiger partial charge in [0.05, 0.1) is 6.10 Å². The molecule has 0 unspecified atom stereocenters. The third-order valence-electron chi connectivity index (χ3n) is 0.584. The van der Waals surface area contributed by atoms with Gasteiger partial charge in [0, 0.05) is 0 Å². The van der Waals surface area contributed by atoms with Gasteiger partial charge in [-0.05, 0) is 19.9 Å². The van der Waals surface area contributed by atoms with E-state index in [2.05, 4.69) is 0 Å². The van der Waals surface area contributed by atoms with E-state index >= 15 is 0 Å². The average molecular weight is 126 g/mol. The van der Waals surface area contributed by atoms with Crippen molar-refractivity contribution in [1.29, 1.82) is 0 Å². The summed E-state index contributed by atoms with van der Waals surface area (Å²) in [5.41, 5.74) is 5.07. The summed E-state index contributed by atoms with van der Waals surface area (Å²) in [6.07, 6.45) is 0.481. The van der Waals surface area contributed by atoms with Crippen LogP contribution in [0.15, 0.2) is 0 Å². The Morgan fingerprint density at radius 3 is 2.14 bits per heavy atom. The zero-order valence-corrected chi connectivity index (χ0v) is 5.24. The first kappa shape index (κ1) is 10.2. The van der Waals surface area contributed by atoms with Crippen molar-refractivity contribution in [3.05, 3.63) is 0 Å². The first-order chi connectivity index (χ1) is 2.77. The highest BCUT2D eigenvalue weighted by atomic mass is 35.5. The lowest BCUT2D eigenvalue weighted by Crippen LogP contribution is -2.08. The quantitative estimate of drug-likeness (QED) is 0.552. The molecular formula is C4H12ClNO. The van der Waals surface area contributed by atoms with E-state index in [1.54, 1.807) is 6.92 Å². The van der Waals surface area contributed by atoms with Crippen molar-refractivity contribution in [2.45, 2.75) is 19.4 Å². The van der Waals surface area contributed by atoms with Crippen molar-refractivity contribution >= 4 is 12.4 Å². The van der Waals surface area contributed by atoms with Crippen LogP contribution in [0.1, 0.15) is 13.3 Å². The summed E-state index contributed by atoms with van der Waals surface area (Å²) in [6.45, 7) is 2.31. The lowest BCUT2D eigenvalue weighted by Gasteiger charge is -1.95. The van der Waals surface area contributed by atoms with Gasteiger partial charge in [0.2, 0.25) is 0 Å². The third kappa shape index (κ3) is 10.7. The van der Waals surface area contributed by atoms with Crippen molar-refractivity contribution in [3.8, 4) is 0 Å². The highest BCUT2D eigenvalue weighted by Crippen LogP contribution is 1.81. The van der Waals surface area contributed by atoms with Crippen LogP contribution >= 0.6 is 12.4 Å². The monoisotopic (exact) mass is 125 g/mol. The predicted molar refractivity (Wildman–Crippen MR) is 32.6 cm³/mol. The van der Waals surface area contributed by atoms with Crippen molar-refractivity contribution < 1.29 is 5.11 Å². The van der Waals surface area contributed by atoms with Gasteiger partial charge >= 0.3 is 0 Å². The minimum atomic E-state index is -0.227. The van der Waals surface area contributed by atoms with E-state index in [-0.39, 0.29) is 18.5 Å².